The molecule has 0 radical (unpaired) electrons. The predicted molar refractivity (Wildman–Crippen MR) is 74.0 cm³/mol. The van der Waals surface area contributed by atoms with Crippen molar-refractivity contribution in [1.29, 1.82) is 0 Å². The third-order valence-corrected chi connectivity index (χ3v) is 4.87. The summed E-state index contributed by atoms with van der Waals surface area (Å²) in [6.07, 6.45) is 2.12. The normalized spacial score (nSPS) is 11.0. The molecule has 1 heterocycles. The molecule has 2 rings (SSSR count). The number of thiophene rings is 1. The lowest BCUT2D eigenvalue weighted by Crippen LogP contribution is -1.73. The Morgan fingerprint density at radius 3 is 2.92 bits per heavy atom. The Kier molecular flexibility index (Phi) is 3.22. The molecule has 0 aliphatic carbocycles. The average molecular weight is 385 g/mol. The minimum atomic E-state index is 1.21. The van der Waals surface area contributed by atoms with Gasteiger partial charge in [-0.15, -0.1) is 23.1 Å². The number of hydrogen-bond acceptors (Lipinski definition) is 2. The SMILES string of the molecule is CSc1csc2cc(I)cc(Br)c12. The molecule has 2 aromatic rings. The first-order chi connectivity index (χ1) is 6.22. The van der Waals surface area contributed by atoms with E-state index in [1.807, 2.05) is 11.3 Å². The summed E-state index contributed by atoms with van der Waals surface area (Å²) in [5.41, 5.74) is 0. The molecule has 0 saturated carbocycles. The molecule has 4 heteroatoms. The van der Waals surface area contributed by atoms with Gasteiger partial charge in [0.1, 0.15) is 0 Å². The molecule has 0 saturated heterocycles. The quantitative estimate of drug-likeness (QED) is 0.493. The third kappa shape index (κ3) is 1.91. The van der Waals surface area contributed by atoms with Crippen LogP contribution in [-0.2, 0) is 0 Å². The maximum Gasteiger partial charge on any atom is 0.0376 e. The zero-order chi connectivity index (χ0) is 9.42. The highest BCUT2D eigenvalue weighted by molar-refractivity contribution is 14.1. The fraction of sp³-hybridized carbons (Fsp3) is 0.111. The number of hydrogen-bond donors (Lipinski definition) is 0. The molecule has 0 unspecified atom stereocenters. The molecule has 13 heavy (non-hydrogen) atoms. The van der Waals surface area contributed by atoms with E-state index in [-0.39, 0.29) is 0 Å². The van der Waals surface area contributed by atoms with E-state index in [1.165, 1.54) is 23.0 Å². The highest BCUT2D eigenvalue weighted by atomic mass is 127. The van der Waals surface area contributed by atoms with Crippen molar-refractivity contribution in [3.05, 3.63) is 25.6 Å². The Hall–Kier alpha value is 0.740. The van der Waals surface area contributed by atoms with Gasteiger partial charge in [-0.25, -0.2) is 0 Å². The minimum absolute atomic E-state index is 1.21. The number of halogens is 2. The van der Waals surface area contributed by atoms with Crippen molar-refractivity contribution in [1.82, 2.24) is 0 Å². The van der Waals surface area contributed by atoms with Crippen LogP contribution in [0.5, 0.6) is 0 Å². The molecule has 0 aliphatic rings. The minimum Gasteiger partial charge on any atom is -0.143 e. The van der Waals surface area contributed by atoms with E-state index in [0.717, 1.165) is 0 Å². The van der Waals surface area contributed by atoms with Crippen LogP contribution in [0, 0.1) is 3.57 Å². The monoisotopic (exact) mass is 384 g/mol. The van der Waals surface area contributed by atoms with Crippen LogP contribution in [0.15, 0.2) is 26.9 Å². The zero-order valence-corrected chi connectivity index (χ0v) is 12.2. The van der Waals surface area contributed by atoms with Crippen LogP contribution in [0.3, 0.4) is 0 Å². The summed E-state index contributed by atoms with van der Waals surface area (Å²) in [6, 6.07) is 4.39. The van der Waals surface area contributed by atoms with Gasteiger partial charge in [-0.05, 0) is 41.0 Å². The molecule has 0 atom stereocenters. The van der Waals surface area contributed by atoms with Crippen LogP contribution in [0.2, 0.25) is 0 Å². The first-order valence-electron chi connectivity index (χ1n) is 3.62. The van der Waals surface area contributed by atoms with Crippen molar-refractivity contribution >= 4 is 71.7 Å². The van der Waals surface area contributed by atoms with E-state index in [4.69, 9.17) is 0 Å². The predicted octanol–water partition coefficient (Wildman–Crippen LogP) is 4.99. The van der Waals surface area contributed by atoms with Crippen molar-refractivity contribution in [2.45, 2.75) is 4.90 Å². The van der Waals surface area contributed by atoms with Crippen LogP contribution in [0.1, 0.15) is 0 Å². The summed E-state index contributed by atoms with van der Waals surface area (Å²) in [5.74, 6) is 0. The number of fused-ring (bicyclic) bond motifs is 1. The molecule has 1 aromatic carbocycles. The van der Waals surface area contributed by atoms with Crippen LogP contribution in [-0.4, -0.2) is 6.26 Å². The Morgan fingerprint density at radius 2 is 2.23 bits per heavy atom. The van der Waals surface area contributed by atoms with Crippen LogP contribution in [0.25, 0.3) is 10.1 Å². The first-order valence-corrected chi connectivity index (χ1v) is 7.60. The molecule has 0 spiro atoms. The summed E-state index contributed by atoms with van der Waals surface area (Å²) in [5, 5.41) is 3.58. The van der Waals surface area contributed by atoms with Gasteiger partial charge in [0.2, 0.25) is 0 Å². The van der Waals surface area contributed by atoms with Crippen molar-refractivity contribution in [3.8, 4) is 0 Å². The highest BCUT2D eigenvalue weighted by Crippen LogP contribution is 2.38. The second-order valence-electron chi connectivity index (χ2n) is 2.56. The Labute approximate surface area is 107 Å². The van der Waals surface area contributed by atoms with Gasteiger partial charge in [-0.2, -0.15) is 0 Å². The van der Waals surface area contributed by atoms with Crippen molar-refractivity contribution < 1.29 is 0 Å². The molecular formula is C9H6BrIS2. The fourth-order valence-electron chi connectivity index (χ4n) is 1.21. The van der Waals surface area contributed by atoms with Gasteiger partial charge < -0.3 is 0 Å². The van der Waals surface area contributed by atoms with E-state index in [9.17, 15) is 0 Å². The first kappa shape index (κ1) is 10.3. The van der Waals surface area contributed by atoms with Crippen molar-refractivity contribution in [2.75, 3.05) is 6.26 Å². The summed E-state index contributed by atoms with van der Waals surface area (Å²) in [6.45, 7) is 0. The van der Waals surface area contributed by atoms with Crippen molar-refractivity contribution in [2.24, 2.45) is 0 Å². The van der Waals surface area contributed by atoms with Gasteiger partial charge in [0.05, 0.1) is 0 Å². The third-order valence-electron chi connectivity index (χ3n) is 1.78. The maximum absolute atomic E-state index is 3.61. The highest BCUT2D eigenvalue weighted by Gasteiger charge is 2.07. The van der Waals surface area contributed by atoms with Gasteiger partial charge in [-0.3, -0.25) is 0 Å². The van der Waals surface area contributed by atoms with Crippen LogP contribution < -0.4 is 0 Å². The van der Waals surface area contributed by atoms with Gasteiger partial charge in [0.25, 0.3) is 0 Å². The molecule has 68 valence electrons. The number of rotatable bonds is 1. The zero-order valence-electron chi connectivity index (χ0n) is 6.80. The van der Waals surface area contributed by atoms with Crippen LogP contribution in [0.4, 0.5) is 0 Å². The average Bonchev–Trinajstić information content (AvgIpc) is 2.47. The molecule has 0 nitrogen and oxygen atoms in total. The Morgan fingerprint density at radius 1 is 1.46 bits per heavy atom. The number of thioether (sulfide) groups is 1. The molecule has 0 fully saturated rings. The lowest BCUT2D eigenvalue weighted by Gasteiger charge is -1.98. The second-order valence-corrected chi connectivity index (χ2v) is 6.42. The standard InChI is InChI=1S/C9H6BrIS2/c1-12-8-4-13-7-3-5(11)2-6(10)9(7)8/h2-4H,1H3. The number of benzene rings is 1. The largest absolute Gasteiger partial charge is 0.143 e. The van der Waals surface area contributed by atoms with Gasteiger partial charge in [0.15, 0.2) is 0 Å². The summed E-state index contributed by atoms with van der Waals surface area (Å²) in [4.78, 5) is 1.36. The topological polar surface area (TPSA) is 0 Å². The van der Waals surface area contributed by atoms with Crippen LogP contribution >= 0.6 is 61.6 Å². The maximum atomic E-state index is 3.61. The summed E-state index contributed by atoms with van der Waals surface area (Å²) >= 11 is 9.57. The Balaban J connectivity index is 2.82. The lowest BCUT2D eigenvalue weighted by atomic mass is 10.3. The fourth-order valence-corrected chi connectivity index (χ4v) is 5.31. The van der Waals surface area contributed by atoms with Gasteiger partial charge in [0, 0.05) is 28.4 Å². The lowest BCUT2D eigenvalue weighted by molar-refractivity contribution is 1.61. The van der Waals surface area contributed by atoms with E-state index in [0.29, 0.717) is 0 Å². The smallest absolute Gasteiger partial charge is 0.0376 e. The second kappa shape index (κ2) is 4.08. The molecule has 0 aliphatic heterocycles. The Bertz CT molecular complexity index is 450. The summed E-state index contributed by atoms with van der Waals surface area (Å²) in [7, 11) is 0. The summed E-state index contributed by atoms with van der Waals surface area (Å²) < 4.78 is 3.86. The molecule has 0 amide bonds. The van der Waals surface area contributed by atoms with E-state index in [2.05, 4.69) is 62.3 Å². The molecule has 1 aromatic heterocycles. The van der Waals surface area contributed by atoms with E-state index in [1.54, 1.807) is 11.8 Å². The van der Waals surface area contributed by atoms with E-state index >= 15 is 0 Å². The van der Waals surface area contributed by atoms with Gasteiger partial charge >= 0.3 is 0 Å². The molecular weight excluding hydrogens is 379 g/mol. The van der Waals surface area contributed by atoms with E-state index < -0.39 is 0 Å². The van der Waals surface area contributed by atoms with Gasteiger partial charge in [-0.1, -0.05) is 15.9 Å². The molecule has 0 bridgehead atoms. The molecule has 0 N–H and O–H groups in total. The van der Waals surface area contributed by atoms with Crippen molar-refractivity contribution in [3.63, 3.8) is 0 Å².